The van der Waals surface area contributed by atoms with Crippen molar-refractivity contribution in [3.8, 4) is 0 Å². The van der Waals surface area contributed by atoms with E-state index in [-0.39, 0.29) is 10.3 Å². The number of hydrogen-bond acceptors (Lipinski definition) is 5. The Morgan fingerprint density at radius 1 is 1.45 bits per heavy atom. The number of rotatable bonds is 9. The SMILES string of the molecule is CCCCCCC(C)NS(=O)(=O)c1scnc1C(=O)O. The summed E-state index contributed by atoms with van der Waals surface area (Å²) in [5, 5.41) is 8.90. The number of carboxylic acid groups (broad SMARTS) is 1. The lowest BCUT2D eigenvalue weighted by atomic mass is 10.1. The molecule has 0 saturated carbocycles. The molecule has 0 radical (unpaired) electrons. The van der Waals surface area contributed by atoms with E-state index >= 15 is 0 Å². The molecular formula is C12H20N2O4S2. The minimum Gasteiger partial charge on any atom is -0.476 e. The number of thiazole rings is 1. The number of carboxylic acids is 1. The van der Waals surface area contributed by atoms with Crippen LogP contribution in [0.15, 0.2) is 9.72 Å². The molecule has 0 aliphatic carbocycles. The number of nitrogens with zero attached hydrogens (tertiary/aromatic N) is 1. The molecule has 0 aliphatic heterocycles. The van der Waals surface area contributed by atoms with Gasteiger partial charge in [-0.1, -0.05) is 32.6 Å². The first-order valence-corrected chi connectivity index (χ1v) is 8.94. The maximum absolute atomic E-state index is 12.1. The first kappa shape index (κ1) is 17.1. The largest absolute Gasteiger partial charge is 0.476 e. The zero-order valence-corrected chi connectivity index (χ0v) is 13.3. The predicted molar refractivity (Wildman–Crippen MR) is 77.6 cm³/mol. The highest BCUT2D eigenvalue weighted by Crippen LogP contribution is 2.20. The van der Waals surface area contributed by atoms with Gasteiger partial charge in [-0.2, -0.15) is 0 Å². The Morgan fingerprint density at radius 3 is 2.75 bits per heavy atom. The van der Waals surface area contributed by atoms with Crippen LogP contribution in [0.3, 0.4) is 0 Å². The first-order valence-electron chi connectivity index (χ1n) is 6.57. The fourth-order valence-corrected chi connectivity index (χ4v) is 4.26. The fourth-order valence-electron chi connectivity index (χ4n) is 1.82. The van der Waals surface area contributed by atoms with Gasteiger partial charge in [0.15, 0.2) is 9.90 Å². The first-order chi connectivity index (χ1) is 9.38. The molecule has 114 valence electrons. The Morgan fingerprint density at radius 2 is 2.15 bits per heavy atom. The molecule has 0 aromatic carbocycles. The summed E-state index contributed by atoms with van der Waals surface area (Å²) >= 11 is 0.816. The van der Waals surface area contributed by atoms with Crippen molar-refractivity contribution < 1.29 is 18.3 Å². The molecule has 2 N–H and O–H groups in total. The van der Waals surface area contributed by atoms with Gasteiger partial charge in [-0.05, 0) is 13.3 Å². The lowest BCUT2D eigenvalue weighted by molar-refractivity contribution is 0.0687. The monoisotopic (exact) mass is 320 g/mol. The zero-order valence-electron chi connectivity index (χ0n) is 11.6. The second-order valence-electron chi connectivity index (χ2n) is 4.67. The second-order valence-corrected chi connectivity index (χ2v) is 7.43. The number of unbranched alkanes of at least 4 members (excludes halogenated alkanes) is 3. The quantitative estimate of drug-likeness (QED) is 0.681. The molecule has 1 heterocycles. The van der Waals surface area contributed by atoms with Crippen LogP contribution in [0.4, 0.5) is 0 Å². The van der Waals surface area contributed by atoms with E-state index in [0.717, 1.165) is 43.4 Å². The third-order valence-corrected chi connectivity index (χ3v) is 5.79. The van der Waals surface area contributed by atoms with Gasteiger partial charge in [-0.15, -0.1) is 11.3 Å². The Hall–Kier alpha value is -0.990. The summed E-state index contributed by atoms with van der Waals surface area (Å²) in [5.74, 6) is -1.33. The highest BCUT2D eigenvalue weighted by molar-refractivity contribution is 7.91. The van der Waals surface area contributed by atoms with Crippen LogP contribution in [0, 0.1) is 0 Å². The third kappa shape index (κ3) is 4.84. The van der Waals surface area contributed by atoms with Gasteiger partial charge in [-0.25, -0.2) is 22.9 Å². The van der Waals surface area contributed by atoms with E-state index in [1.807, 2.05) is 0 Å². The molecule has 1 aromatic rings. The van der Waals surface area contributed by atoms with Gasteiger partial charge in [-0.3, -0.25) is 0 Å². The van der Waals surface area contributed by atoms with Crippen LogP contribution in [0.5, 0.6) is 0 Å². The lowest BCUT2D eigenvalue weighted by Crippen LogP contribution is -2.32. The van der Waals surface area contributed by atoms with Gasteiger partial charge in [0.05, 0.1) is 5.51 Å². The van der Waals surface area contributed by atoms with Crippen molar-refractivity contribution in [2.45, 2.75) is 56.2 Å². The standard InChI is InChI=1S/C12H20N2O4S2/c1-3-4-5-6-7-9(2)14-20(17,18)12-10(11(15)16)13-8-19-12/h8-9,14H,3-7H2,1-2H3,(H,15,16). The van der Waals surface area contributed by atoms with Crippen molar-refractivity contribution in [3.63, 3.8) is 0 Å². The lowest BCUT2D eigenvalue weighted by Gasteiger charge is -2.13. The van der Waals surface area contributed by atoms with E-state index < -0.39 is 21.7 Å². The van der Waals surface area contributed by atoms with Crippen LogP contribution in [0.25, 0.3) is 0 Å². The Labute approximate surface area is 123 Å². The van der Waals surface area contributed by atoms with Gasteiger partial charge < -0.3 is 5.11 Å². The average molecular weight is 320 g/mol. The topological polar surface area (TPSA) is 96.4 Å². The van der Waals surface area contributed by atoms with Crippen LogP contribution in [-0.2, 0) is 10.0 Å². The molecule has 1 unspecified atom stereocenters. The number of sulfonamides is 1. The van der Waals surface area contributed by atoms with Crippen molar-refractivity contribution in [1.29, 1.82) is 0 Å². The Balaban J connectivity index is 2.65. The van der Waals surface area contributed by atoms with Crippen LogP contribution >= 0.6 is 11.3 Å². The third-order valence-electron chi connectivity index (χ3n) is 2.83. The van der Waals surface area contributed by atoms with Gasteiger partial charge >= 0.3 is 5.97 Å². The smallest absolute Gasteiger partial charge is 0.356 e. The minimum atomic E-state index is -3.81. The van der Waals surface area contributed by atoms with E-state index in [1.54, 1.807) is 6.92 Å². The molecule has 8 heteroatoms. The minimum absolute atomic E-state index is 0.222. The summed E-state index contributed by atoms with van der Waals surface area (Å²) in [7, 11) is -3.81. The van der Waals surface area contributed by atoms with Gasteiger partial charge in [0.1, 0.15) is 0 Å². The predicted octanol–water partition coefficient (Wildman–Crippen LogP) is 2.48. The molecule has 1 rings (SSSR count). The van der Waals surface area contributed by atoms with Gasteiger partial charge in [0.25, 0.3) is 10.0 Å². The summed E-state index contributed by atoms with van der Waals surface area (Å²) < 4.78 is 26.5. The average Bonchev–Trinajstić information content (AvgIpc) is 2.84. The van der Waals surface area contributed by atoms with Gasteiger partial charge in [0.2, 0.25) is 0 Å². The van der Waals surface area contributed by atoms with E-state index in [0.29, 0.717) is 0 Å². The van der Waals surface area contributed by atoms with Crippen molar-refractivity contribution in [3.05, 3.63) is 11.2 Å². The maximum atomic E-state index is 12.1. The van der Waals surface area contributed by atoms with Crippen molar-refractivity contribution in [1.82, 2.24) is 9.71 Å². The van der Waals surface area contributed by atoms with Gasteiger partial charge in [0, 0.05) is 6.04 Å². The molecule has 6 nitrogen and oxygen atoms in total. The molecule has 0 aliphatic rings. The van der Waals surface area contributed by atoms with Crippen LogP contribution in [0.1, 0.15) is 56.4 Å². The molecule has 1 aromatic heterocycles. The molecular weight excluding hydrogens is 300 g/mol. The molecule has 1 atom stereocenters. The van der Waals surface area contributed by atoms with Crippen LogP contribution < -0.4 is 4.72 Å². The number of carbonyl (C=O) groups is 1. The van der Waals surface area contributed by atoms with Crippen LogP contribution in [0.2, 0.25) is 0 Å². The molecule has 0 saturated heterocycles. The number of aromatic carboxylic acids is 1. The van der Waals surface area contributed by atoms with Crippen molar-refractivity contribution in [2.75, 3.05) is 0 Å². The molecule has 0 spiro atoms. The van der Waals surface area contributed by atoms with E-state index in [1.165, 1.54) is 5.51 Å². The highest BCUT2D eigenvalue weighted by atomic mass is 32.2. The second kappa shape index (κ2) is 7.70. The zero-order chi connectivity index (χ0) is 15.2. The Kier molecular flexibility index (Phi) is 6.57. The van der Waals surface area contributed by atoms with Crippen molar-refractivity contribution in [2.24, 2.45) is 0 Å². The summed E-state index contributed by atoms with van der Waals surface area (Å²) in [6, 6.07) is -0.222. The van der Waals surface area contributed by atoms with Crippen LogP contribution in [-0.4, -0.2) is 30.5 Å². The fraction of sp³-hybridized carbons (Fsp3) is 0.667. The molecule has 0 amide bonds. The molecule has 0 bridgehead atoms. The Bertz CT molecular complexity index is 539. The normalized spacial score (nSPS) is 13.3. The summed E-state index contributed by atoms with van der Waals surface area (Å²) in [6.07, 6.45) is 5.02. The molecule has 20 heavy (non-hydrogen) atoms. The van der Waals surface area contributed by atoms with Crippen molar-refractivity contribution >= 4 is 27.3 Å². The van der Waals surface area contributed by atoms with E-state index in [2.05, 4.69) is 16.6 Å². The summed E-state index contributed by atoms with van der Waals surface area (Å²) in [4.78, 5) is 14.5. The van der Waals surface area contributed by atoms with E-state index in [9.17, 15) is 13.2 Å². The molecule has 0 fully saturated rings. The van der Waals surface area contributed by atoms with E-state index in [4.69, 9.17) is 5.11 Å². The number of nitrogens with one attached hydrogen (secondary N) is 1. The summed E-state index contributed by atoms with van der Waals surface area (Å²) in [6.45, 7) is 3.90. The highest BCUT2D eigenvalue weighted by Gasteiger charge is 2.26. The number of hydrogen-bond donors (Lipinski definition) is 2. The summed E-state index contributed by atoms with van der Waals surface area (Å²) in [5.41, 5.74) is 0.810. The maximum Gasteiger partial charge on any atom is 0.356 e. The number of aromatic nitrogens is 1.